The van der Waals surface area contributed by atoms with Gasteiger partial charge in [-0.15, -0.1) is 0 Å². The van der Waals surface area contributed by atoms with E-state index in [0.29, 0.717) is 4.90 Å². The molecule has 174 valence electrons. The van der Waals surface area contributed by atoms with Gasteiger partial charge in [-0.1, -0.05) is 12.1 Å². The Morgan fingerprint density at radius 2 is 1.76 bits per heavy atom. The van der Waals surface area contributed by atoms with Gasteiger partial charge in [-0.25, -0.2) is 9.69 Å². The number of amides is 5. The van der Waals surface area contributed by atoms with Crippen LogP contribution >= 0.6 is 0 Å². The van der Waals surface area contributed by atoms with Crippen molar-refractivity contribution in [1.82, 2.24) is 20.1 Å². The molecule has 1 N–H and O–H groups in total. The van der Waals surface area contributed by atoms with Crippen LogP contribution in [0.2, 0.25) is 0 Å². The van der Waals surface area contributed by atoms with Crippen LogP contribution in [0, 0.1) is 0 Å². The van der Waals surface area contributed by atoms with Crippen molar-refractivity contribution in [2.24, 2.45) is 0 Å². The Hall–Kier alpha value is -4.41. The molecule has 11 nitrogen and oxygen atoms in total. The fourth-order valence-corrected chi connectivity index (χ4v) is 3.78. The molecule has 1 fully saturated rings. The lowest BCUT2D eigenvalue weighted by Gasteiger charge is -2.34. The highest BCUT2D eigenvalue weighted by molar-refractivity contribution is 6.23. The van der Waals surface area contributed by atoms with Crippen LogP contribution in [0.5, 0.6) is 0 Å². The first-order valence-electron chi connectivity index (χ1n) is 10.5. The van der Waals surface area contributed by atoms with E-state index < -0.39 is 54.3 Å². The quantitative estimate of drug-likeness (QED) is 0.481. The number of carbonyl (C=O) groups is 6. The maximum absolute atomic E-state index is 13.0. The Bertz CT molecular complexity index is 1160. The molecule has 0 saturated carbocycles. The molecule has 2 aromatic rings. The van der Waals surface area contributed by atoms with E-state index in [1.165, 1.54) is 37.5 Å². The summed E-state index contributed by atoms with van der Waals surface area (Å²) >= 11 is 0. The second-order valence-electron chi connectivity index (χ2n) is 7.77. The fraction of sp³-hybridized carbons (Fsp3) is 0.261. The van der Waals surface area contributed by atoms with Gasteiger partial charge in [0.05, 0.1) is 16.7 Å². The van der Waals surface area contributed by atoms with Crippen molar-refractivity contribution in [3.63, 3.8) is 0 Å². The summed E-state index contributed by atoms with van der Waals surface area (Å²) in [6, 6.07) is 7.03. The minimum atomic E-state index is -1.19. The Kier molecular flexibility index (Phi) is 6.17. The highest BCUT2D eigenvalue weighted by atomic mass is 16.5. The molecule has 2 aliphatic heterocycles. The molecular formula is C23H20N4O7. The Labute approximate surface area is 193 Å². The van der Waals surface area contributed by atoms with Crippen molar-refractivity contribution in [1.29, 1.82) is 0 Å². The average Bonchev–Trinajstić information content (AvgIpc) is 3.09. The van der Waals surface area contributed by atoms with E-state index in [0.717, 1.165) is 4.90 Å². The molecule has 5 amide bonds. The van der Waals surface area contributed by atoms with Gasteiger partial charge in [0.15, 0.2) is 6.73 Å². The number of carbonyl (C=O) groups excluding carboxylic acids is 6. The first kappa shape index (κ1) is 22.8. The molecular weight excluding hydrogens is 444 g/mol. The Morgan fingerprint density at radius 3 is 2.38 bits per heavy atom. The minimum absolute atomic E-state index is 0.0227. The molecule has 2 unspecified atom stereocenters. The number of benzene rings is 1. The zero-order chi connectivity index (χ0) is 24.4. The number of nitrogens with one attached hydrogen (secondary N) is 1. The van der Waals surface area contributed by atoms with Gasteiger partial charge < -0.3 is 10.1 Å². The average molecular weight is 464 g/mol. The molecule has 0 bridgehead atoms. The third-order valence-corrected chi connectivity index (χ3v) is 5.58. The van der Waals surface area contributed by atoms with Gasteiger partial charge >= 0.3 is 5.97 Å². The standard InChI is InChI=1S/C23H20N4O7/c1-13(25-19(29)14-5-4-10-24-11-14)23(33)34-12-26-18(28)9-8-17(22(26)32)27-20(30)15-6-2-3-7-16(15)21(27)31/h2-7,10-11,13,17H,8-9,12H2,1H3,(H,25,29). The van der Waals surface area contributed by atoms with Crippen LogP contribution in [-0.2, 0) is 19.1 Å². The van der Waals surface area contributed by atoms with Gasteiger partial charge in [0.2, 0.25) is 5.91 Å². The van der Waals surface area contributed by atoms with E-state index in [2.05, 4.69) is 10.3 Å². The van der Waals surface area contributed by atoms with Crippen molar-refractivity contribution in [3.05, 3.63) is 65.5 Å². The molecule has 1 saturated heterocycles. The topological polar surface area (TPSA) is 143 Å². The highest BCUT2D eigenvalue weighted by Crippen LogP contribution is 2.29. The van der Waals surface area contributed by atoms with Crippen molar-refractivity contribution in [3.8, 4) is 0 Å². The van der Waals surface area contributed by atoms with E-state index in [1.54, 1.807) is 18.2 Å². The van der Waals surface area contributed by atoms with Crippen LogP contribution < -0.4 is 5.32 Å². The summed E-state index contributed by atoms with van der Waals surface area (Å²) in [7, 11) is 0. The SMILES string of the molecule is CC(NC(=O)c1cccnc1)C(=O)OCN1C(=O)CCC(N2C(=O)c3ccccc3C2=O)C1=O. The number of ether oxygens (including phenoxy) is 1. The number of aromatic nitrogens is 1. The summed E-state index contributed by atoms with van der Waals surface area (Å²) in [4.78, 5) is 80.7. The number of esters is 1. The van der Waals surface area contributed by atoms with Crippen molar-refractivity contribution >= 4 is 35.5 Å². The molecule has 4 rings (SSSR count). The lowest BCUT2D eigenvalue weighted by Crippen LogP contribution is -2.56. The number of piperidine rings is 1. The van der Waals surface area contributed by atoms with Crippen LogP contribution in [-0.4, -0.2) is 69.1 Å². The van der Waals surface area contributed by atoms with Gasteiger partial charge in [0.1, 0.15) is 12.1 Å². The van der Waals surface area contributed by atoms with Crippen LogP contribution in [0.15, 0.2) is 48.8 Å². The lowest BCUT2D eigenvalue weighted by atomic mass is 10.0. The summed E-state index contributed by atoms with van der Waals surface area (Å²) < 4.78 is 5.07. The largest absolute Gasteiger partial charge is 0.442 e. The summed E-state index contributed by atoms with van der Waals surface area (Å²) in [6.07, 6.45) is 2.69. The van der Waals surface area contributed by atoms with Gasteiger partial charge in [-0.2, -0.15) is 0 Å². The molecule has 2 aliphatic rings. The van der Waals surface area contributed by atoms with E-state index >= 15 is 0 Å². The predicted molar refractivity (Wildman–Crippen MR) is 114 cm³/mol. The fourth-order valence-electron chi connectivity index (χ4n) is 3.78. The van der Waals surface area contributed by atoms with Crippen LogP contribution in [0.1, 0.15) is 50.8 Å². The first-order valence-corrected chi connectivity index (χ1v) is 10.5. The minimum Gasteiger partial charge on any atom is -0.442 e. The number of fused-ring (bicyclic) bond motifs is 1. The summed E-state index contributed by atoms with van der Waals surface area (Å²) in [6.45, 7) is 0.682. The molecule has 11 heteroatoms. The number of nitrogens with zero attached hydrogens (tertiary/aromatic N) is 3. The lowest BCUT2D eigenvalue weighted by molar-refractivity contribution is -0.164. The molecule has 2 atom stereocenters. The van der Waals surface area contributed by atoms with Crippen molar-refractivity contribution in [2.45, 2.75) is 31.8 Å². The zero-order valence-corrected chi connectivity index (χ0v) is 18.1. The maximum Gasteiger partial charge on any atom is 0.330 e. The second-order valence-corrected chi connectivity index (χ2v) is 7.77. The molecule has 0 spiro atoms. The van der Waals surface area contributed by atoms with Gasteiger partial charge in [0, 0.05) is 18.8 Å². The van der Waals surface area contributed by atoms with E-state index in [4.69, 9.17) is 4.74 Å². The maximum atomic E-state index is 13.0. The molecule has 34 heavy (non-hydrogen) atoms. The van der Waals surface area contributed by atoms with Gasteiger partial charge in [-0.05, 0) is 37.6 Å². The first-order chi connectivity index (χ1) is 16.3. The highest BCUT2D eigenvalue weighted by Gasteiger charge is 2.47. The third-order valence-electron chi connectivity index (χ3n) is 5.58. The van der Waals surface area contributed by atoms with Crippen molar-refractivity contribution < 1.29 is 33.5 Å². The predicted octanol–water partition coefficient (Wildman–Crippen LogP) is 0.514. The Morgan fingerprint density at radius 1 is 1.09 bits per heavy atom. The third kappa shape index (κ3) is 4.15. The van der Waals surface area contributed by atoms with Gasteiger partial charge in [-0.3, -0.25) is 33.9 Å². The second kappa shape index (κ2) is 9.22. The number of hydrogen-bond donors (Lipinski definition) is 1. The van der Waals surface area contributed by atoms with Crippen LogP contribution in [0.3, 0.4) is 0 Å². The van der Waals surface area contributed by atoms with Crippen molar-refractivity contribution in [2.75, 3.05) is 6.73 Å². The molecule has 1 aromatic carbocycles. The van der Waals surface area contributed by atoms with Crippen LogP contribution in [0.4, 0.5) is 0 Å². The smallest absolute Gasteiger partial charge is 0.330 e. The van der Waals surface area contributed by atoms with Crippen LogP contribution in [0.25, 0.3) is 0 Å². The molecule has 0 aliphatic carbocycles. The number of rotatable bonds is 6. The normalized spacial score (nSPS) is 18.6. The summed E-state index contributed by atoms with van der Waals surface area (Å²) in [5.74, 6) is -4.06. The number of imide groups is 2. The van der Waals surface area contributed by atoms with E-state index in [-0.39, 0.29) is 29.5 Å². The summed E-state index contributed by atoms with van der Waals surface area (Å²) in [5.41, 5.74) is 0.619. The molecule has 1 aromatic heterocycles. The number of likely N-dealkylation sites (tertiary alicyclic amines) is 1. The van der Waals surface area contributed by atoms with E-state index in [9.17, 15) is 28.8 Å². The molecule has 3 heterocycles. The Balaban J connectivity index is 1.39. The zero-order valence-electron chi connectivity index (χ0n) is 18.1. The summed E-state index contributed by atoms with van der Waals surface area (Å²) in [5, 5.41) is 2.44. The molecule has 0 radical (unpaired) electrons. The number of hydrogen-bond acceptors (Lipinski definition) is 8. The monoisotopic (exact) mass is 464 g/mol. The van der Waals surface area contributed by atoms with Gasteiger partial charge in [0.25, 0.3) is 23.6 Å². The number of pyridine rings is 1. The van der Waals surface area contributed by atoms with E-state index in [1.807, 2.05) is 0 Å².